The number of amides is 2. The molecule has 0 saturated carbocycles. The highest BCUT2D eigenvalue weighted by Crippen LogP contribution is 2.29. The summed E-state index contributed by atoms with van der Waals surface area (Å²) in [6.07, 6.45) is 0.390. The number of anilines is 1. The number of phenols is 1. The molecule has 0 spiro atoms. The molecule has 2 heterocycles. The second-order valence-electron chi connectivity index (χ2n) is 10.1. The number of aromatic nitrogens is 1. The number of phenolic OH excluding ortho intramolecular Hbond substituents is 1. The van der Waals surface area contributed by atoms with Crippen molar-refractivity contribution in [1.29, 1.82) is 0 Å². The molecule has 0 saturated heterocycles. The van der Waals surface area contributed by atoms with Gasteiger partial charge in [-0.25, -0.2) is 8.42 Å². The maximum atomic E-state index is 13.7. The van der Waals surface area contributed by atoms with Crippen LogP contribution >= 0.6 is 0 Å². The van der Waals surface area contributed by atoms with E-state index >= 15 is 0 Å². The van der Waals surface area contributed by atoms with Crippen LogP contribution in [0.1, 0.15) is 22.4 Å². The average molecular weight is 562 g/mol. The van der Waals surface area contributed by atoms with Gasteiger partial charge in [0.05, 0.1) is 25.0 Å². The topological polar surface area (TPSA) is 129 Å². The summed E-state index contributed by atoms with van der Waals surface area (Å²) in [4.78, 5) is 31.8. The zero-order valence-corrected chi connectivity index (χ0v) is 23.1. The molecule has 1 atom stereocenters. The number of rotatable bonds is 3. The third-order valence-electron chi connectivity index (χ3n) is 7.24. The first-order chi connectivity index (χ1) is 19.1. The van der Waals surface area contributed by atoms with Crippen LogP contribution in [-0.2, 0) is 44.4 Å². The number of benzene rings is 3. The fraction of sp³-hybridized carbons (Fsp3) is 0.267. The van der Waals surface area contributed by atoms with Crippen LogP contribution in [0.5, 0.6) is 11.5 Å². The Hall–Kier alpha value is -4.31. The molecule has 1 aliphatic heterocycles. The molecule has 208 valence electrons. The Balaban J connectivity index is 1.53. The predicted molar refractivity (Wildman–Crippen MR) is 153 cm³/mol. The van der Waals surface area contributed by atoms with Crippen LogP contribution in [-0.4, -0.2) is 56.3 Å². The molecular formula is C30H31N3O6S. The summed E-state index contributed by atoms with van der Waals surface area (Å²) in [6.45, 7) is 0. The second kappa shape index (κ2) is 11.1. The smallest absolute Gasteiger partial charge is 0.249 e. The van der Waals surface area contributed by atoms with Gasteiger partial charge in [-0.3, -0.25) is 9.59 Å². The largest absolute Gasteiger partial charge is 0.508 e. The van der Waals surface area contributed by atoms with E-state index < -0.39 is 21.8 Å². The van der Waals surface area contributed by atoms with Gasteiger partial charge in [0.15, 0.2) is 9.84 Å². The lowest BCUT2D eigenvalue weighted by Crippen LogP contribution is -2.49. The Labute approximate surface area is 232 Å². The van der Waals surface area contributed by atoms with E-state index in [0.717, 1.165) is 11.1 Å². The van der Waals surface area contributed by atoms with Crippen molar-refractivity contribution in [1.82, 2.24) is 10.3 Å². The third-order valence-corrected chi connectivity index (χ3v) is 8.79. The number of carbonyl (C=O) groups excluding carboxylic acids is 2. The van der Waals surface area contributed by atoms with E-state index in [1.165, 1.54) is 17.0 Å². The second-order valence-corrected chi connectivity index (χ2v) is 12.3. The normalized spacial score (nSPS) is 17.4. The van der Waals surface area contributed by atoms with Crippen LogP contribution in [0.4, 0.5) is 5.69 Å². The van der Waals surface area contributed by atoms with Gasteiger partial charge in [-0.2, -0.15) is 0 Å². The molecule has 2 amide bonds. The summed E-state index contributed by atoms with van der Waals surface area (Å²) >= 11 is 0. The molecule has 40 heavy (non-hydrogen) atoms. The number of hydrogen-bond acceptors (Lipinski definition) is 6. The molecule has 0 radical (unpaired) electrons. The molecule has 0 aliphatic carbocycles. The number of carbonyl (C=O) groups is 2. The molecule has 2 bridgehead atoms. The molecule has 3 aromatic carbocycles. The van der Waals surface area contributed by atoms with Gasteiger partial charge in [-0.15, -0.1) is 0 Å². The number of likely N-dealkylation sites (N-methyl/N-ethyl adjacent to an activating group) is 1. The van der Waals surface area contributed by atoms with E-state index in [1.807, 2.05) is 24.3 Å². The molecule has 10 heteroatoms. The summed E-state index contributed by atoms with van der Waals surface area (Å²) in [6, 6.07) is 18.3. The Bertz CT molecular complexity index is 1680. The number of methoxy groups -OCH3 is 1. The lowest BCUT2D eigenvalue weighted by atomic mass is 10.0. The number of nitrogens with one attached hydrogen (secondary N) is 2. The molecule has 0 unspecified atom stereocenters. The van der Waals surface area contributed by atoms with Crippen molar-refractivity contribution in [3.63, 3.8) is 0 Å². The summed E-state index contributed by atoms with van der Waals surface area (Å²) in [5.41, 5.74) is 3.80. The number of hydrogen-bond donors (Lipinski definition) is 3. The standard InChI is InChI=1S/C30H31N3O6S/c1-33(21-6-9-23(39-2)10-7-21)30(36)27-15-20-5-3-4-19(14-20)12-13-40(37,38)18-28-25(17-29(35)32-27)24-16-22(34)8-11-26(24)31-28/h3-11,14,16,27,31,34H,12-13,15,17-18H2,1-2H3,(H,32,35)/t27-/m0/s1. The number of ether oxygens (including phenoxy) is 1. The van der Waals surface area contributed by atoms with Gasteiger partial charge < -0.3 is 25.0 Å². The van der Waals surface area contributed by atoms with E-state index in [4.69, 9.17) is 4.74 Å². The first-order valence-electron chi connectivity index (χ1n) is 12.9. The minimum absolute atomic E-state index is 0.00428. The number of aryl methyl sites for hydroxylation is 1. The van der Waals surface area contributed by atoms with Gasteiger partial charge >= 0.3 is 0 Å². The zero-order valence-electron chi connectivity index (χ0n) is 22.3. The molecule has 1 aliphatic rings. The first-order valence-corrected chi connectivity index (χ1v) is 14.8. The number of H-pyrrole nitrogens is 1. The number of sulfone groups is 1. The molecule has 5 rings (SSSR count). The maximum absolute atomic E-state index is 13.7. The van der Waals surface area contributed by atoms with E-state index in [0.29, 0.717) is 40.0 Å². The van der Waals surface area contributed by atoms with Crippen LogP contribution in [0, 0.1) is 0 Å². The van der Waals surface area contributed by atoms with Gasteiger partial charge in [-0.1, -0.05) is 24.3 Å². The minimum atomic E-state index is -3.52. The van der Waals surface area contributed by atoms with E-state index in [2.05, 4.69) is 10.3 Å². The van der Waals surface area contributed by atoms with Gasteiger partial charge in [-0.05, 0) is 65.6 Å². The van der Waals surface area contributed by atoms with E-state index in [9.17, 15) is 23.1 Å². The average Bonchev–Trinajstić information content (AvgIpc) is 3.25. The lowest BCUT2D eigenvalue weighted by Gasteiger charge is -2.25. The summed E-state index contributed by atoms with van der Waals surface area (Å²) in [7, 11) is -0.293. The predicted octanol–water partition coefficient (Wildman–Crippen LogP) is 3.29. The van der Waals surface area contributed by atoms with Gasteiger partial charge in [0, 0.05) is 35.8 Å². The van der Waals surface area contributed by atoms with E-state index in [-0.39, 0.29) is 36.0 Å². The molecular weight excluding hydrogens is 530 g/mol. The SMILES string of the molecule is COc1ccc(N(C)C(=O)[C@@H]2Cc3cccc(c3)CCS(=O)(=O)Cc3[nH]c4ccc(O)cc4c3CC(=O)N2)cc1. The highest BCUT2D eigenvalue weighted by atomic mass is 32.2. The summed E-state index contributed by atoms with van der Waals surface area (Å²) < 4.78 is 31.4. The molecule has 3 N–H and O–H groups in total. The third kappa shape index (κ3) is 5.96. The molecule has 9 nitrogen and oxygen atoms in total. The van der Waals surface area contributed by atoms with Crippen LogP contribution < -0.4 is 15.0 Å². The van der Waals surface area contributed by atoms with Gasteiger partial charge in [0.25, 0.3) is 0 Å². The van der Waals surface area contributed by atoms with Crippen LogP contribution in [0.3, 0.4) is 0 Å². The quantitative estimate of drug-likeness (QED) is 0.352. The fourth-order valence-corrected chi connectivity index (χ4v) is 6.48. The fourth-order valence-electron chi connectivity index (χ4n) is 5.10. The monoisotopic (exact) mass is 561 g/mol. The van der Waals surface area contributed by atoms with Crippen LogP contribution in [0.15, 0.2) is 66.7 Å². The van der Waals surface area contributed by atoms with E-state index in [1.54, 1.807) is 44.5 Å². The number of aromatic amines is 1. The lowest BCUT2D eigenvalue weighted by molar-refractivity contribution is -0.127. The van der Waals surface area contributed by atoms with Crippen molar-refractivity contribution in [3.05, 3.63) is 89.1 Å². The van der Waals surface area contributed by atoms with Crippen molar-refractivity contribution in [2.45, 2.75) is 31.1 Å². The van der Waals surface area contributed by atoms with Crippen molar-refractivity contribution >= 4 is 38.2 Å². The molecule has 1 aromatic heterocycles. The highest BCUT2D eigenvalue weighted by molar-refractivity contribution is 7.90. The van der Waals surface area contributed by atoms with Gasteiger partial charge in [0.1, 0.15) is 17.5 Å². The maximum Gasteiger partial charge on any atom is 0.249 e. The Morgan fingerprint density at radius 3 is 2.55 bits per heavy atom. The molecule has 4 aromatic rings. The zero-order chi connectivity index (χ0) is 28.4. The van der Waals surface area contributed by atoms with Crippen molar-refractivity contribution in [2.24, 2.45) is 0 Å². The minimum Gasteiger partial charge on any atom is -0.508 e. The number of nitrogens with zero attached hydrogens (tertiary/aromatic N) is 1. The Morgan fingerprint density at radius 1 is 1.05 bits per heavy atom. The molecule has 0 fully saturated rings. The van der Waals surface area contributed by atoms with Crippen LogP contribution in [0.2, 0.25) is 0 Å². The van der Waals surface area contributed by atoms with Crippen LogP contribution in [0.25, 0.3) is 10.9 Å². The highest BCUT2D eigenvalue weighted by Gasteiger charge is 2.28. The Morgan fingerprint density at radius 2 is 1.80 bits per heavy atom. The number of fused-ring (bicyclic) bond motifs is 5. The summed E-state index contributed by atoms with van der Waals surface area (Å²) in [5.74, 6) is -0.397. The Kier molecular flexibility index (Phi) is 7.53. The van der Waals surface area contributed by atoms with Gasteiger partial charge in [0.2, 0.25) is 11.8 Å². The van der Waals surface area contributed by atoms with Crippen molar-refractivity contribution < 1.29 is 27.9 Å². The van der Waals surface area contributed by atoms with Crippen molar-refractivity contribution in [3.8, 4) is 11.5 Å². The summed E-state index contributed by atoms with van der Waals surface area (Å²) in [5, 5.41) is 13.6. The number of aromatic hydroxyl groups is 1. The first kappa shape index (κ1) is 27.3. The van der Waals surface area contributed by atoms with Crippen molar-refractivity contribution in [2.75, 3.05) is 24.8 Å².